The summed E-state index contributed by atoms with van der Waals surface area (Å²) in [5.74, 6) is -0.231. The van der Waals surface area contributed by atoms with E-state index in [1.807, 2.05) is 13.8 Å². The maximum Gasteiger partial charge on any atom is 0.240 e. The Bertz CT molecular complexity index is 299. The summed E-state index contributed by atoms with van der Waals surface area (Å²) in [7, 11) is 0. The molecule has 17 heavy (non-hydrogen) atoms. The zero-order valence-electron chi connectivity index (χ0n) is 10.9. The highest BCUT2D eigenvalue weighted by Gasteiger charge is 2.30. The van der Waals surface area contributed by atoms with Gasteiger partial charge in [0.2, 0.25) is 5.91 Å². The molecule has 1 aliphatic heterocycles. The fraction of sp³-hybridized carbons (Fsp3) is 0.846. The molecule has 1 rings (SSSR count). The summed E-state index contributed by atoms with van der Waals surface area (Å²) in [4.78, 5) is 13.9. The Labute approximate surface area is 103 Å². The molecule has 1 saturated heterocycles. The number of carbonyl (C=O) groups is 1. The number of hydrogen-bond donors (Lipinski definition) is 1. The predicted octanol–water partition coefficient (Wildman–Crippen LogP) is 1.40. The van der Waals surface area contributed by atoms with Crippen LogP contribution < -0.4 is 0 Å². The highest BCUT2D eigenvalue weighted by molar-refractivity contribution is 5.81. The molecule has 0 aromatic rings. The monoisotopic (exact) mass is 238 g/mol. The Morgan fingerprint density at radius 3 is 2.24 bits per heavy atom. The van der Waals surface area contributed by atoms with Crippen LogP contribution in [-0.2, 0) is 4.79 Å². The lowest BCUT2D eigenvalue weighted by atomic mass is 9.90. The Hall–Kier alpha value is -1.08. The minimum atomic E-state index is -0.530. The molecule has 2 unspecified atom stereocenters. The van der Waals surface area contributed by atoms with Gasteiger partial charge in [-0.1, -0.05) is 13.8 Å². The van der Waals surface area contributed by atoms with Gasteiger partial charge in [-0.3, -0.25) is 4.79 Å². The first-order chi connectivity index (χ1) is 7.97. The van der Waals surface area contributed by atoms with E-state index in [0.717, 1.165) is 12.8 Å². The number of aliphatic hydroxyl groups excluding tert-OH is 1. The molecule has 2 atom stereocenters. The summed E-state index contributed by atoms with van der Waals surface area (Å²) >= 11 is 0. The third-order valence-corrected chi connectivity index (χ3v) is 3.61. The van der Waals surface area contributed by atoms with Crippen LogP contribution in [0, 0.1) is 29.1 Å². The number of likely N-dealkylation sites (tertiary alicyclic amines) is 1. The van der Waals surface area contributed by atoms with Crippen molar-refractivity contribution in [3.05, 3.63) is 0 Å². The van der Waals surface area contributed by atoms with Crippen molar-refractivity contribution in [3.8, 4) is 6.07 Å². The first-order valence-electron chi connectivity index (χ1n) is 6.33. The number of nitrogens with zero attached hydrogens (tertiary/aromatic N) is 2. The van der Waals surface area contributed by atoms with E-state index < -0.39 is 5.92 Å². The molecule has 0 radical (unpaired) electrons. The van der Waals surface area contributed by atoms with Crippen LogP contribution in [0.25, 0.3) is 0 Å². The third kappa shape index (κ3) is 3.44. The van der Waals surface area contributed by atoms with Crippen LogP contribution in [0.2, 0.25) is 0 Å². The van der Waals surface area contributed by atoms with Crippen molar-refractivity contribution < 1.29 is 9.90 Å². The van der Waals surface area contributed by atoms with Crippen molar-refractivity contribution in [2.24, 2.45) is 17.8 Å². The van der Waals surface area contributed by atoms with Gasteiger partial charge in [0.25, 0.3) is 0 Å². The summed E-state index contributed by atoms with van der Waals surface area (Å²) in [6.07, 6.45) is 1.36. The zero-order valence-corrected chi connectivity index (χ0v) is 10.9. The minimum absolute atomic E-state index is 0.0495. The van der Waals surface area contributed by atoms with Gasteiger partial charge in [0, 0.05) is 13.1 Å². The van der Waals surface area contributed by atoms with E-state index in [1.54, 1.807) is 11.8 Å². The highest BCUT2D eigenvalue weighted by atomic mass is 16.3. The Morgan fingerprint density at radius 1 is 1.35 bits per heavy atom. The molecule has 0 aromatic heterocycles. The van der Waals surface area contributed by atoms with Gasteiger partial charge in [-0.25, -0.2) is 0 Å². The lowest BCUT2D eigenvalue weighted by molar-refractivity contribution is -0.136. The highest BCUT2D eigenvalue weighted by Crippen LogP contribution is 2.23. The number of piperidine rings is 1. The van der Waals surface area contributed by atoms with Crippen LogP contribution in [-0.4, -0.2) is 35.1 Å². The van der Waals surface area contributed by atoms with Crippen molar-refractivity contribution in [1.29, 1.82) is 5.26 Å². The average molecular weight is 238 g/mol. The van der Waals surface area contributed by atoms with E-state index >= 15 is 0 Å². The van der Waals surface area contributed by atoms with Crippen LogP contribution >= 0.6 is 0 Å². The van der Waals surface area contributed by atoms with E-state index in [0.29, 0.717) is 19.0 Å². The molecule has 4 heteroatoms. The average Bonchev–Trinajstić information content (AvgIpc) is 2.29. The molecule has 1 fully saturated rings. The summed E-state index contributed by atoms with van der Waals surface area (Å²) < 4.78 is 0. The van der Waals surface area contributed by atoms with E-state index in [1.165, 1.54) is 0 Å². The van der Waals surface area contributed by atoms with Gasteiger partial charge >= 0.3 is 0 Å². The zero-order chi connectivity index (χ0) is 13.0. The second kappa shape index (κ2) is 6.02. The second-order valence-corrected chi connectivity index (χ2v) is 5.25. The van der Waals surface area contributed by atoms with Gasteiger partial charge in [0.05, 0.1) is 12.2 Å². The van der Waals surface area contributed by atoms with E-state index in [4.69, 9.17) is 5.26 Å². The van der Waals surface area contributed by atoms with Gasteiger partial charge < -0.3 is 10.0 Å². The Morgan fingerprint density at radius 2 is 1.88 bits per heavy atom. The summed E-state index contributed by atoms with van der Waals surface area (Å²) in [6, 6.07) is 2.09. The number of hydrogen-bond acceptors (Lipinski definition) is 3. The smallest absolute Gasteiger partial charge is 0.240 e. The van der Waals surface area contributed by atoms with E-state index in [9.17, 15) is 9.90 Å². The van der Waals surface area contributed by atoms with Crippen LogP contribution in [0.4, 0.5) is 0 Å². The summed E-state index contributed by atoms with van der Waals surface area (Å²) in [6.45, 7) is 6.93. The lowest BCUT2D eigenvalue weighted by Gasteiger charge is -2.34. The standard InChI is InChI=1S/C13H22N2O2/c1-9(2)12(8-14)13(17)15-6-4-11(5-7-15)10(3)16/h9-12,16H,4-7H2,1-3H3. The molecule has 1 heterocycles. The maximum absolute atomic E-state index is 12.1. The molecular formula is C13H22N2O2. The van der Waals surface area contributed by atoms with Crippen LogP contribution in [0.3, 0.4) is 0 Å². The normalized spacial score (nSPS) is 21.1. The molecule has 96 valence electrons. The van der Waals surface area contributed by atoms with Gasteiger partial charge in [-0.15, -0.1) is 0 Å². The van der Waals surface area contributed by atoms with Crippen LogP contribution in [0.1, 0.15) is 33.6 Å². The SMILES string of the molecule is CC(C)C(C#N)C(=O)N1CCC(C(C)O)CC1. The van der Waals surface area contributed by atoms with Crippen molar-refractivity contribution in [2.75, 3.05) is 13.1 Å². The quantitative estimate of drug-likeness (QED) is 0.808. The largest absolute Gasteiger partial charge is 0.393 e. The van der Waals surface area contributed by atoms with E-state index in [2.05, 4.69) is 6.07 Å². The number of amides is 1. The fourth-order valence-electron chi connectivity index (χ4n) is 2.29. The fourth-order valence-corrected chi connectivity index (χ4v) is 2.29. The number of carbonyl (C=O) groups excluding carboxylic acids is 1. The first-order valence-corrected chi connectivity index (χ1v) is 6.33. The third-order valence-electron chi connectivity index (χ3n) is 3.61. The molecule has 1 N–H and O–H groups in total. The summed E-state index contributed by atoms with van der Waals surface area (Å²) in [5.41, 5.74) is 0. The molecule has 0 spiro atoms. The van der Waals surface area contributed by atoms with Gasteiger partial charge in [0.1, 0.15) is 5.92 Å². The molecular weight excluding hydrogens is 216 g/mol. The molecule has 0 aliphatic carbocycles. The maximum atomic E-state index is 12.1. The summed E-state index contributed by atoms with van der Waals surface area (Å²) in [5, 5.41) is 18.5. The van der Waals surface area contributed by atoms with Crippen molar-refractivity contribution in [2.45, 2.75) is 39.7 Å². The molecule has 0 saturated carbocycles. The topological polar surface area (TPSA) is 64.3 Å². The molecule has 1 aliphatic rings. The Kier molecular flexibility index (Phi) is 4.95. The predicted molar refractivity (Wildman–Crippen MR) is 64.9 cm³/mol. The van der Waals surface area contributed by atoms with Crippen molar-refractivity contribution in [3.63, 3.8) is 0 Å². The van der Waals surface area contributed by atoms with Gasteiger partial charge in [0.15, 0.2) is 0 Å². The van der Waals surface area contributed by atoms with Crippen molar-refractivity contribution in [1.82, 2.24) is 4.90 Å². The molecule has 0 aromatic carbocycles. The first kappa shape index (κ1) is 14.0. The van der Waals surface area contributed by atoms with Gasteiger partial charge in [-0.05, 0) is 31.6 Å². The second-order valence-electron chi connectivity index (χ2n) is 5.25. The van der Waals surface area contributed by atoms with Crippen molar-refractivity contribution >= 4 is 5.91 Å². The number of nitriles is 1. The van der Waals surface area contributed by atoms with E-state index in [-0.39, 0.29) is 17.9 Å². The van der Waals surface area contributed by atoms with Crippen LogP contribution in [0.5, 0.6) is 0 Å². The number of rotatable bonds is 3. The molecule has 4 nitrogen and oxygen atoms in total. The molecule has 0 bridgehead atoms. The molecule has 1 amide bonds. The lowest BCUT2D eigenvalue weighted by Crippen LogP contribution is -2.44. The van der Waals surface area contributed by atoms with Gasteiger partial charge in [-0.2, -0.15) is 5.26 Å². The Balaban J connectivity index is 2.54. The van der Waals surface area contributed by atoms with Crippen LogP contribution in [0.15, 0.2) is 0 Å². The number of aliphatic hydroxyl groups is 1. The minimum Gasteiger partial charge on any atom is -0.393 e.